The van der Waals surface area contributed by atoms with Crippen LogP contribution in [0.15, 0.2) is 12.1 Å². The zero-order valence-corrected chi connectivity index (χ0v) is 13.6. The van der Waals surface area contributed by atoms with Crippen LogP contribution in [-0.2, 0) is 4.74 Å². The van der Waals surface area contributed by atoms with E-state index in [1.807, 2.05) is 20.8 Å². The van der Waals surface area contributed by atoms with Crippen LogP contribution in [0.1, 0.15) is 43.8 Å². The monoisotopic (exact) mass is 303 g/mol. The van der Waals surface area contributed by atoms with Crippen molar-refractivity contribution in [3.63, 3.8) is 0 Å². The maximum absolute atomic E-state index is 11.8. The number of ether oxygens (including phenoxy) is 1. The van der Waals surface area contributed by atoms with Crippen LogP contribution in [0.4, 0.5) is 0 Å². The number of Topliss-reactive ketones (excluding diaryl/α,β-unsaturated/α-hetero) is 1. The molecule has 21 heavy (non-hydrogen) atoms. The molecule has 0 unspecified atom stereocenters. The second kappa shape index (κ2) is 5.77. The summed E-state index contributed by atoms with van der Waals surface area (Å²) in [4.78, 5) is 28.2. The van der Waals surface area contributed by atoms with Crippen molar-refractivity contribution in [1.82, 2.24) is 4.98 Å². The van der Waals surface area contributed by atoms with Crippen molar-refractivity contribution in [2.24, 2.45) is 0 Å². The molecule has 0 atom stereocenters. The van der Waals surface area contributed by atoms with Gasteiger partial charge in [0, 0.05) is 12.5 Å². The average Bonchev–Trinajstić information content (AvgIpc) is 2.81. The van der Waals surface area contributed by atoms with E-state index in [-0.39, 0.29) is 11.5 Å². The Bertz CT molecular complexity index is 708. The van der Waals surface area contributed by atoms with Crippen LogP contribution in [0.3, 0.4) is 0 Å². The van der Waals surface area contributed by atoms with Crippen molar-refractivity contribution < 1.29 is 14.3 Å². The highest BCUT2D eigenvalue weighted by molar-refractivity contribution is 7.17. The molecular formula is C16H17NO3S. The lowest BCUT2D eigenvalue weighted by Gasteiger charge is -2.08. The normalized spacial score (nSPS) is 10.5. The van der Waals surface area contributed by atoms with Crippen molar-refractivity contribution in [2.45, 2.75) is 27.7 Å². The van der Waals surface area contributed by atoms with Gasteiger partial charge in [-0.25, -0.2) is 9.78 Å². The van der Waals surface area contributed by atoms with Gasteiger partial charge < -0.3 is 4.74 Å². The van der Waals surface area contributed by atoms with Crippen molar-refractivity contribution in [3.05, 3.63) is 39.4 Å². The van der Waals surface area contributed by atoms with Gasteiger partial charge in [-0.3, -0.25) is 4.79 Å². The third-order valence-electron chi connectivity index (χ3n) is 3.22. The second-order valence-corrected chi connectivity index (χ2v) is 6.02. The molecule has 0 saturated heterocycles. The van der Waals surface area contributed by atoms with E-state index in [1.54, 1.807) is 0 Å². The highest BCUT2D eigenvalue weighted by Gasteiger charge is 2.23. The molecule has 1 aromatic carbocycles. The summed E-state index contributed by atoms with van der Waals surface area (Å²) < 4.78 is 4.71. The molecule has 110 valence electrons. The third-order valence-corrected chi connectivity index (χ3v) is 4.39. The molecule has 0 bridgehead atoms. The fourth-order valence-corrected chi connectivity index (χ4v) is 3.54. The summed E-state index contributed by atoms with van der Waals surface area (Å²) in [5.74, 6) is -0.758. The van der Waals surface area contributed by atoms with Crippen LogP contribution in [0.25, 0.3) is 10.6 Å². The highest BCUT2D eigenvalue weighted by Crippen LogP contribution is 2.34. The van der Waals surface area contributed by atoms with E-state index in [4.69, 9.17) is 4.74 Å². The number of aromatic nitrogens is 1. The quantitative estimate of drug-likeness (QED) is 0.640. The van der Waals surface area contributed by atoms with E-state index in [0.29, 0.717) is 9.88 Å². The molecule has 0 N–H and O–H groups in total. The number of hydrogen-bond donors (Lipinski definition) is 0. The van der Waals surface area contributed by atoms with Gasteiger partial charge in [0.25, 0.3) is 0 Å². The first-order chi connectivity index (χ1) is 9.85. The molecule has 5 heteroatoms. The smallest absolute Gasteiger partial charge is 0.358 e. The Morgan fingerprint density at radius 3 is 2.19 bits per heavy atom. The molecule has 0 spiro atoms. The van der Waals surface area contributed by atoms with Gasteiger partial charge in [-0.1, -0.05) is 17.7 Å². The lowest BCUT2D eigenvalue weighted by Crippen LogP contribution is -2.07. The fraction of sp³-hybridized carbons (Fsp3) is 0.312. The minimum absolute atomic E-state index is 0.101. The molecule has 0 radical (unpaired) electrons. The summed E-state index contributed by atoms with van der Waals surface area (Å²) in [7, 11) is 1.29. The first-order valence-corrected chi connectivity index (χ1v) is 7.35. The number of rotatable bonds is 3. The van der Waals surface area contributed by atoms with Crippen molar-refractivity contribution in [1.29, 1.82) is 0 Å². The number of aryl methyl sites for hydroxylation is 3. The molecule has 0 aliphatic rings. The number of carbonyl (C=O) groups is 2. The van der Waals surface area contributed by atoms with Crippen LogP contribution in [-0.4, -0.2) is 23.8 Å². The molecule has 1 heterocycles. The minimum Gasteiger partial charge on any atom is -0.464 e. The van der Waals surface area contributed by atoms with Gasteiger partial charge in [0.05, 0.1) is 7.11 Å². The first kappa shape index (κ1) is 15.4. The molecule has 2 aromatic rings. The van der Waals surface area contributed by atoms with E-state index in [2.05, 4.69) is 17.1 Å². The van der Waals surface area contributed by atoms with Gasteiger partial charge in [-0.2, -0.15) is 0 Å². The molecule has 1 aromatic heterocycles. The third kappa shape index (κ3) is 2.88. The van der Waals surface area contributed by atoms with Crippen LogP contribution < -0.4 is 0 Å². The standard InChI is InChI=1S/C16H17NO3S/c1-8-6-9(2)12(10(3)7-8)15-17-13(16(19)20-5)14(21-15)11(4)18/h6-7H,1-5H3. The zero-order chi connectivity index (χ0) is 15.7. The summed E-state index contributed by atoms with van der Waals surface area (Å²) in [5.41, 5.74) is 4.40. The maximum atomic E-state index is 11.8. The topological polar surface area (TPSA) is 56.3 Å². The summed E-state index contributed by atoms with van der Waals surface area (Å²) in [6.07, 6.45) is 0. The number of methoxy groups -OCH3 is 1. The Kier molecular flexibility index (Phi) is 4.23. The fourth-order valence-electron chi connectivity index (χ4n) is 2.42. The number of esters is 1. The number of ketones is 1. The van der Waals surface area contributed by atoms with E-state index in [0.717, 1.165) is 16.7 Å². The van der Waals surface area contributed by atoms with Gasteiger partial charge in [0.15, 0.2) is 11.5 Å². The highest BCUT2D eigenvalue weighted by atomic mass is 32.1. The number of carbonyl (C=O) groups excluding carboxylic acids is 2. The molecule has 0 aliphatic heterocycles. The summed E-state index contributed by atoms with van der Waals surface area (Å²) in [6.45, 7) is 7.47. The Morgan fingerprint density at radius 2 is 1.71 bits per heavy atom. The molecule has 0 fully saturated rings. The number of nitrogens with zero attached hydrogens (tertiary/aromatic N) is 1. The predicted octanol–water partition coefficient (Wildman–Crippen LogP) is 3.72. The van der Waals surface area contributed by atoms with Crippen LogP contribution >= 0.6 is 11.3 Å². The molecule has 4 nitrogen and oxygen atoms in total. The van der Waals surface area contributed by atoms with Crippen LogP contribution in [0, 0.1) is 20.8 Å². The molecule has 0 amide bonds. The van der Waals surface area contributed by atoms with Gasteiger partial charge in [-0.15, -0.1) is 11.3 Å². The van der Waals surface area contributed by atoms with Crippen LogP contribution in [0.2, 0.25) is 0 Å². The van der Waals surface area contributed by atoms with Crippen molar-refractivity contribution in [3.8, 4) is 10.6 Å². The predicted molar refractivity (Wildman–Crippen MR) is 83.1 cm³/mol. The van der Waals surface area contributed by atoms with E-state index in [1.165, 1.54) is 30.9 Å². The Labute approximate surface area is 127 Å². The first-order valence-electron chi connectivity index (χ1n) is 6.53. The van der Waals surface area contributed by atoms with E-state index >= 15 is 0 Å². The Morgan fingerprint density at radius 1 is 1.14 bits per heavy atom. The lowest BCUT2D eigenvalue weighted by molar-refractivity contribution is 0.0591. The zero-order valence-electron chi connectivity index (χ0n) is 12.7. The lowest BCUT2D eigenvalue weighted by atomic mass is 10.0. The molecule has 0 aliphatic carbocycles. The van der Waals surface area contributed by atoms with Crippen LogP contribution in [0.5, 0.6) is 0 Å². The van der Waals surface area contributed by atoms with Gasteiger partial charge in [-0.05, 0) is 31.9 Å². The van der Waals surface area contributed by atoms with Crippen molar-refractivity contribution >= 4 is 23.1 Å². The van der Waals surface area contributed by atoms with E-state index < -0.39 is 5.97 Å². The summed E-state index contributed by atoms with van der Waals surface area (Å²) in [5, 5.41) is 0.676. The van der Waals surface area contributed by atoms with Gasteiger partial charge >= 0.3 is 5.97 Å². The Balaban J connectivity index is 2.66. The van der Waals surface area contributed by atoms with Gasteiger partial charge in [0.2, 0.25) is 0 Å². The minimum atomic E-state index is -0.579. The molecular weight excluding hydrogens is 286 g/mol. The van der Waals surface area contributed by atoms with Gasteiger partial charge in [0.1, 0.15) is 9.88 Å². The SMILES string of the molecule is COC(=O)c1nc(-c2c(C)cc(C)cc2C)sc1C(C)=O. The number of hydrogen-bond acceptors (Lipinski definition) is 5. The Hall–Kier alpha value is -2.01. The van der Waals surface area contributed by atoms with E-state index in [9.17, 15) is 9.59 Å². The number of thiazole rings is 1. The molecule has 0 saturated carbocycles. The average molecular weight is 303 g/mol. The molecule has 2 rings (SSSR count). The summed E-state index contributed by atoms with van der Waals surface area (Å²) >= 11 is 1.24. The largest absolute Gasteiger partial charge is 0.464 e. The van der Waals surface area contributed by atoms with Crippen molar-refractivity contribution in [2.75, 3.05) is 7.11 Å². The number of benzene rings is 1. The second-order valence-electron chi connectivity index (χ2n) is 5.02. The maximum Gasteiger partial charge on any atom is 0.358 e. The summed E-state index contributed by atoms with van der Waals surface area (Å²) in [6, 6.07) is 4.13.